The normalized spacial score (nSPS) is 12.2. The van der Waals surface area contributed by atoms with Gasteiger partial charge in [0.25, 0.3) is 5.91 Å². The molecule has 0 unspecified atom stereocenters. The van der Waals surface area contributed by atoms with Gasteiger partial charge in [0.05, 0.1) is 11.4 Å². The third kappa shape index (κ3) is 6.16. The summed E-state index contributed by atoms with van der Waals surface area (Å²) in [6.45, 7) is 3.42. The summed E-state index contributed by atoms with van der Waals surface area (Å²) in [7, 11) is -3.89. The number of halogens is 1. The first-order chi connectivity index (χ1) is 12.8. The second kappa shape index (κ2) is 9.64. The summed E-state index contributed by atoms with van der Waals surface area (Å²) in [4.78, 5) is 12.3. The zero-order valence-electron chi connectivity index (χ0n) is 15.2. The highest BCUT2D eigenvalue weighted by molar-refractivity contribution is 7.89. The van der Waals surface area contributed by atoms with E-state index in [1.165, 1.54) is 24.3 Å². The molecule has 0 aliphatic heterocycles. The van der Waals surface area contributed by atoms with Crippen LogP contribution in [0, 0.1) is 0 Å². The van der Waals surface area contributed by atoms with Crippen LogP contribution < -0.4 is 5.43 Å². The molecule has 1 N–H and O–H groups in total. The average Bonchev–Trinajstić information content (AvgIpc) is 2.66. The molecule has 27 heavy (non-hydrogen) atoms. The Hall–Kier alpha value is -2.22. The molecule has 0 fully saturated rings. The summed E-state index contributed by atoms with van der Waals surface area (Å²) in [5, 5.41) is 4.38. The Balaban J connectivity index is 2.28. The van der Waals surface area contributed by atoms with E-state index in [2.05, 4.69) is 10.5 Å². The molecule has 0 aliphatic carbocycles. The zero-order valence-corrected chi connectivity index (χ0v) is 16.8. The van der Waals surface area contributed by atoms with Crippen LogP contribution in [0.2, 0.25) is 5.02 Å². The zero-order chi connectivity index (χ0) is 19.9. The first-order valence-electron chi connectivity index (χ1n) is 8.44. The molecule has 0 heterocycles. The van der Waals surface area contributed by atoms with Gasteiger partial charge in [-0.3, -0.25) is 4.79 Å². The number of carbonyl (C=O) groups excluding carboxylic acids is 1. The second-order valence-electron chi connectivity index (χ2n) is 5.95. The lowest BCUT2D eigenvalue weighted by molar-refractivity contribution is -0.121. The molecule has 0 atom stereocenters. The SMILES string of the molecule is CC/C(C)=N\NC(=O)CN(Cc1ccccc1)S(=O)(=O)c1ccc(Cl)cc1. The van der Waals surface area contributed by atoms with Crippen LogP contribution >= 0.6 is 11.6 Å². The van der Waals surface area contributed by atoms with E-state index >= 15 is 0 Å². The summed E-state index contributed by atoms with van der Waals surface area (Å²) in [5.41, 5.74) is 3.93. The molecule has 2 aromatic rings. The van der Waals surface area contributed by atoms with Crippen LogP contribution in [-0.2, 0) is 21.4 Å². The third-order valence-corrected chi connectivity index (χ3v) is 5.91. The fourth-order valence-corrected chi connectivity index (χ4v) is 3.71. The van der Waals surface area contributed by atoms with Crippen molar-refractivity contribution in [1.29, 1.82) is 0 Å². The van der Waals surface area contributed by atoms with Crippen LogP contribution in [-0.4, -0.2) is 30.9 Å². The van der Waals surface area contributed by atoms with E-state index in [1.54, 1.807) is 6.92 Å². The maximum atomic E-state index is 13.0. The quantitative estimate of drug-likeness (QED) is 0.537. The van der Waals surface area contributed by atoms with Crippen molar-refractivity contribution in [2.75, 3.05) is 6.54 Å². The molecular formula is C19H22ClN3O3S. The van der Waals surface area contributed by atoms with Crippen molar-refractivity contribution >= 4 is 33.2 Å². The van der Waals surface area contributed by atoms with E-state index in [-0.39, 0.29) is 18.0 Å². The molecule has 0 aliphatic rings. The number of rotatable bonds is 8. The van der Waals surface area contributed by atoms with Gasteiger partial charge in [-0.25, -0.2) is 13.8 Å². The minimum Gasteiger partial charge on any atom is -0.272 e. The molecule has 144 valence electrons. The fourth-order valence-electron chi connectivity index (χ4n) is 2.20. The van der Waals surface area contributed by atoms with Crippen molar-refractivity contribution in [2.24, 2.45) is 5.10 Å². The molecular weight excluding hydrogens is 386 g/mol. The number of benzene rings is 2. The highest BCUT2D eigenvalue weighted by Gasteiger charge is 2.27. The molecule has 0 bridgehead atoms. The summed E-state index contributed by atoms with van der Waals surface area (Å²) in [6, 6.07) is 14.9. The smallest absolute Gasteiger partial charge is 0.255 e. The average molecular weight is 408 g/mol. The van der Waals surface area contributed by atoms with Gasteiger partial charge in [-0.05, 0) is 43.2 Å². The highest BCUT2D eigenvalue weighted by Crippen LogP contribution is 2.20. The Kier molecular flexibility index (Phi) is 7.53. The topological polar surface area (TPSA) is 78.8 Å². The lowest BCUT2D eigenvalue weighted by Gasteiger charge is -2.21. The Labute approximate surface area is 164 Å². The number of hydrogen-bond acceptors (Lipinski definition) is 4. The van der Waals surface area contributed by atoms with Crippen molar-refractivity contribution in [3.05, 3.63) is 65.2 Å². The van der Waals surface area contributed by atoms with Crippen molar-refractivity contribution in [1.82, 2.24) is 9.73 Å². The predicted molar refractivity (Wildman–Crippen MR) is 107 cm³/mol. The van der Waals surface area contributed by atoms with Crippen molar-refractivity contribution < 1.29 is 13.2 Å². The Morgan fingerprint density at radius 2 is 1.74 bits per heavy atom. The Morgan fingerprint density at radius 1 is 1.11 bits per heavy atom. The molecule has 0 saturated heterocycles. The number of hydrogen-bond donors (Lipinski definition) is 1. The van der Waals surface area contributed by atoms with Gasteiger partial charge in [-0.1, -0.05) is 48.9 Å². The van der Waals surface area contributed by atoms with E-state index < -0.39 is 15.9 Å². The monoisotopic (exact) mass is 407 g/mol. The Morgan fingerprint density at radius 3 is 2.33 bits per heavy atom. The number of sulfonamides is 1. The fraction of sp³-hybridized carbons (Fsp3) is 0.263. The molecule has 0 saturated carbocycles. The van der Waals surface area contributed by atoms with E-state index in [0.717, 1.165) is 15.6 Å². The van der Waals surface area contributed by atoms with E-state index in [1.807, 2.05) is 37.3 Å². The Bertz CT molecular complexity index is 898. The molecule has 0 aromatic heterocycles. The lowest BCUT2D eigenvalue weighted by Crippen LogP contribution is -2.39. The lowest BCUT2D eigenvalue weighted by atomic mass is 10.2. The number of hydrazone groups is 1. The van der Waals surface area contributed by atoms with Gasteiger partial charge < -0.3 is 0 Å². The molecule has 1 amide bonds. The number of nitrogens with zero attached hydrogens (tertiary/aromatic N) is 2. The standard InChI is InChI=1S/C19H22ClN3O3S/c1-3-15(2)21-22-19(24)14-23(13-16-7-5-4-6-8-16)27(25,26)18-11-9-17(20)10-12-18/h4-12H,3,13-14H2,1-2H3,(H,22,24)/b21-15-. The first-order valence-corrected chi connectivity index (χ1v) is 10.3. The van der Waals surface area contributed by atoms with Gasteiger partial charge in [0.2, 0.25) is 10.0 Å². The van der Waals surface area contributed by atoms with Crippen LogP contribution in [0.25, 0.3) is 0 Å². The maximum absolute atomic E-state index is 13.0. The minimum atomic E-state index is -3.89. The van der Waals surface area contributed by atoms with E-state index in [4.69, 9.17) is 11.6 Å². The summed E-state index contributed by atoms with van der Waals surface area (Å²) < 4.78 is 27.2. The molecule has 0 radical (unpaired) electrons. The molecule has 6 nitrogen and oxygen atoms in total. The van der Waals surface area contributed by atoms with Crippen molar-refractivity contribution in [3.8, 4) is 0 Å². The van der Waals surface area contributed by atoms with Crippen LogP contribution in [0.5, 0.6) is 0 Å². The third-order valence-electron chi connectivity index (χ3n) is 3.86. The number of amides is 1. The van der Waals surface area contributed by atoms with Crippen LogP contribution in [0.1, 0.15) is 25.8 Å². The van der Waals surface area contributed by atoms with Gasteiger partial charge in [0.1, 0.15) is 0 Å². The van der Waals surface area contributed by atoms with E-state index in [0.29, 0.717) is 11.4 Å². The van der Waals surface area contributed by atoms with Gasteiger partial charge in [-0.2, -0.15) is 9.41 Å². The number of nitrogens with one attached hydrogen (secondary N) is 1. The van der Waals surface area contributed by atoms with Crippen LogP contribution in [0.3, 0.4) is 0 Å². The largest absolute Gasteiger partial charge is 0.272 e. The summed E-state index contributed by atoms with van der Waals surface area (Å²) >= 11 is 5.85. The predicted octanol–water partition coefficient (Wildman–Crippen LogP) is 3.43. The van der Waals surface area contributed by atoms with Crippen molar-refractivity contribution in [2.45, 2.75) is 31.7 Å². The summed E-state index contributed by atoms with van der Waals surface area (Å²) in [5.74, 6) is -0.503. The van der Waals surface area contributed by atoms with Crippen LogP contribution in [0.4, 0.5) is 0 Å². The molecule has 2 rings (SSSR count). The molecule has 8 heteroatoms. The first kappa shape index (κ1) is 21.1. The number of carbonyl (C=O) groups is 1. The van der Waals surface area contributed by atoms with Gasteiger partial charge in [-0.15, -0.1) is 0 Å². The minimum absolute atomic E-state index is 0.0652. The summed E-state index contributed by atoms with van der Waals surface area (Å²) in [6.07, 6.45) is 0.692. The van der Waals surface area contributed by atoms with Gasteiger partial charge in [0, 0.05) is 17.3 Å². The maximum Gasteiger partial charge on any atom is 0.255 e. The van der Waals surface area contributed by atoms with E-state index in [9.17, 15) is 13.2 Å². The molecule has 0 spiro atoms. The van der Waals surface area contributed by atoms with Crippen LogP contribution in [0.15, 0.2) is 64.6 Å². The highest BCUT2D eigenvalue weighted by atomic mass is 35.5. The van der Waals surface area contributed by atoms with Gasteiger partial charge in [0.15, 0.2) is 0 Å². The second-order valence-corrected chi connectivity index (χ2v) is 8.32. The van der Waals surface area contributed by atoms with Gasteiger partial charge >= 0.3 is 0 Å². The van der Waals surface area contributed by atoms with Crippen molar-refractivity contribution in [3.63, 3.8) is 0 Å². The molecule has 2 aromatic carbocycles.